The molecule has 0 saturated heterocycles. The van der Waals surface area contributed by atoms with Crippen molar-refractivity contribution in [3.8, 4) is 55.6 Å². The lowest BCUT2D eigenvalue weighted by Crippen LogP contribution is -2.17. The maximum absolute atomic E-state index is 4.34. The van der Waals surface area contributed by atoms with Crippen LogP contribution in [0.4, 0.5) is 0 Å². The third kappa shape index (κ3) is 6.89. The van der Waals surface area contributed by atoms with E-state index >= 15 is 0 Å². The first-order chi connectivity index (χ1) is 33.7. The van der Waals surface area contributed by atoms with Gasteiger partial charge in [0.05, 0.1) is 0 Å². The zero-order valence-corrected chi connectivity index (χ0v) is 40.0. The van der Waals surface area contributed by atoms with Gasteiger partial charge in [-0.05, 0) is 165 Å². The van der Waals surface area contributed by atoms with E-state index in [-0.39, 0.29) is 5.41 Å². The van der Waals surface area contributed by atoms with Gasteiger partial charge in [0.15, 0.2) is 0 Å². The van der Waals surface area contributed by atoms with Gasteiger partial charge in [0.25, 0.3) is 0 Å². The van der Waals surface area contributed by atoms with Gasteiger partial charge in [0.1, 0.15) is 0 Å². The Bertz CT molecular complexity index is 3730. The number of hydrogen-bond acceptors (Lipinski definition) is 0. The molecule has 0 aliphatic heterocycles. The highest BCUT2D eigenvalue weighted by Gasteiger charge is 2.38. The molecule has 2 aliphatic rings. The van der Waals surface area contributed by atoms with Gasteiger partial charge in [-0.2, -0.15) is 0 Å². The number of hydrogen-bond donors (Lipinski definition) is 0. The summed E-state index contributed by atoms with van der Waals surface area (Å²) in [6.45, 7) is 17.8. The second kappa shape index (κ2) is 16.6. The van der Waals surface area contributed by atoms with E-state index < -0.39 is 0 Å². The van der Waals surface area contributed by atoms with Crippen LogP contribution in [0.2, 0.25) is 0 Å². The average molecular weight is 883 g/mol. The minimum atomic E-state index is -0.124. The molecule has 10 aromatic carbocycles. The molecule has 0 bridgehead atoms. The van der Waals surface area contributed by atoms with Crippen molar-refractivity contribution in [3.05, 3.63) is 252 Å². The number of fused-ring (bicyclic) bond motifs is 5. The first-order valence-corrected chi connectivity index (χ1v) is 24.4. The van der Waals surface area contributed by atoms with Crippen LogP contribution < -0.4 is 0 Å². The molecule has 0 atom stereocenters. The summed E-state index contributed by atoms with van der Waals surface area (Å²) in [6, 6.07) is 70.2. The van der Waals surface area contributed by atoms with E-state index in [1.807, 2.05) is 12.2 Å². The van der Waals surface area contributed by atoms with E-state index in [4.69, 9.17) is 0 Å². The first kappa shape index (κ1) is 42.3. The van der Waals surface area contributed by atoms with Crippen LogP contribution in [0, 0.1) is 13.8 Å². The molecule has 0 amide bonds. The molecule has 0 unspecified atom stereocenters. The van der Waals surface area contributed by atoms with E-state index in [2.05, 4.69) is 235 Å². The smallest absolute Gasteiger partial charge is 0.0155 e. The molecule has 0 saturated carbocycles. The molecule has 0 heteroatoms. The highest BCUT2D eigenvalue weighted by Crippen LogP contribution is 2.53. The molecule has 0 fully saturated rings. The summed E-state index contributed by atoms with van der Waals surface area (Å²) in [4.78, 5) is 0. The van der Waals surface area contributed by atoms with Gasteiger partial charge in [-0.1, -0.05) is 238 Å². The highest BCUT2D eigenvalue weighted by molar-refractivity contribution is 6.21. The van der Waals surface area contributed by atoms with Gasteiger partial charge in [0.2, 0.25) is 0 Å². The summed E-state index contributed by atoms with van der Waals surface area (Å²) >= 11 is 0. The molecule has 330 valence electrons. The van der Waals surface area contributed by atoms with Gasteiger partial charge in [-0.25, -0.2) is 0 Å². The third-order valence-corrected chi connectivity index (χ3v) is 15.3. The van der Waals surface area contributed by atoms with E-state index in [1.165, 1.54) is 132 Å². The molecule has 0 heterocycles. The molecule has 0 N–H and O–H groups in total. The van der Waals surface area contributed by atoms with Crippen molar-refractivity contribution in [1.82, 2.24) is 0 Å². The number of benzene rings is 10. The summed E-state index contributed by atoms with van der Waals surface area (Å²) in [5, 5.41) is 7.58. The Labute approximate surface area is 407 Å². The Morgan fingerprint density at radius 3 is 1.19 bits per heavy atom. The molecule has 0 aromatic heterocycles. The zero-order chi connectivity index (χ0) is 47.0. The van der Waals surface area contributed by atoms with Gasteiger partial charge >= 0.3 is 0 Å². The van der Waals surface area contributed by atoms with E-state index in [0.717, 1.165) is 24.0 Å². The second-order valence-corrected chi connectivity index (χ2v) is 19.7. The van der Waals surface area contributed by atoms with Crippen LogP contribution in [0.1, 0.15) is 65.6 Å². The topological polar surface area (TPSA) is 0 Å². The van der Waals surface area contributed by atoms with Crippen LogP contribution in [0.3, 0.4) is 0 Å². The van der Waals surface area contributed by atoms with Crippen molar-refractivity contribution in [1.29, 1.82) is 0 Å². The fourth-order valence-electron chi connectivity index (χ4n) is 11.8. The highest BCUT2D eigenvalue weighted by atomic mass is 14.4. The Kier molecular flexibility index (Phi) is 10.2. The van der Waals surface area contributed by atoms with Gasteiger partial charge in [0, 0.05) is 5.41 Å². The predicted molar refractivity (Wildman–Crippen MR) is 299 cm³/mol. The molecule has 69 heavy (non-hydrogen) atoms. The van der Waals surface area contributed by atoms with Crippen LogP contribution in [0.25, 0.3) is 111 Å². The van der Waals surface area contributed by atoms with Gasteiger partial charge < -0.3 is 0 Å². The molecular weight excluding hydrogens is 829 g/mol. The van der Waals surface area contributed by atoms with Crippen LogP contribution >= 0.6 is 0 Å². The van der Waals surface area contributed by atoms with E-state index in [9.17, 15) is 0 Å². The lowest BCUT2D eigenvalue weighted by molar-refractivity contribution is 0.652. The van der Waals surface area contributed by atoms with Crippen LogP contribution in [-0.2, 0) is 5.41 Å². The zero-order valence-electron chi connectivity index (χ0n) is 40.0. The van der Waals surface area contributed by atoms with Crippen molar-refractivity contribution in [2.45, 2.75) is 46.0 Å². The Balaban J connectivity index is 0.858. The minimum Gasteiger partial charge on any atom is -0.0984 e. The lowest BCUT2D eigenvalue weighted by atomic mass is 9.77. The maximum Gasteiger partial charge on any atom is 0.0155 e. The summed E-state index contributed by atoms with van der Waals surface area (Å²) in [5.41, 5.74) is 25.4. The van der Waals surface area contributed by atoms with Crippen LogP contribution in [0.5, 0.6) is 0 Å². The summed E-state index contributed by atoms with van der Waals surface area (Å²) in [5.74, 6) is 0. The number of allylic oxidation sites excluding steroid dienone is 4. The summed E-state index contributed by atoms with van der Waals surface area (Å²) in [6.07, 6.45) is 8.59. The van der Waals surface area contributed by atoms with Crippen molar-refractivity contribution >= 4 is 55.6 Å². The Morgan fingerprint density at radius 1 is 0.391 bits per heavy atom. The minimum absolute atomic E-state index is 0.124. The molecule has 10 aromatic rings. The third-order valence-electron chi connectivity index (χ3n) is 15.3. The largest absolute Gasteiger partial charge is 0.0984 e. The summed E-state index contributed by atoms with van der Waals surface area (Å²) in [7, 11) is 0. The molecule has 12 rings (SSSR count). The number of aryl methyl sites for hydroxylation is 2. The monoisotopic (exact) mass is 882 g/mol. The van der Waals surface area contributed by atoms with Crippen molar-refractivity contribution in [3.63, 3.8) is 0 Å². The van der Waals surface area contributed by atoms with E-state index in [0.29, 0.717) is 0 Å². The molecule has 2 aliphatic carbocycles. The average Bonchev–Trinajstić information content (AvgIpc) is 3.62. The molecular formula is C69H54. The predicted octanol–water partition coefficient (Wildman–Crippen LogP) is 19.3. The van der Waals surface area contributed by atoms with Crippen LogP contribution in [0.15, 0.2) is 213 Å². The molecule has 0 spiro atoms. The van der Waals surface area contributed by atoms with Crippen LogP contribution in [-0.4, -0.2) is 0 Å². The first-order valence-electron chi connectivity index (χ1n) is 24.4. The van der Waals surface area contributed by atoms with E-state index in [1.54, 1.807) is 0 Å². The van der Waals surface area contributed by atoms with Crippen molar-refractivity contribution in [2.75, 3.05) is 0 Å². The van der Waals surface area contributed by atoms with Crippen molar-refractivity contribution in [2.24, 2.45) is 0 Å². The quantitative estimate of drug-likeness (QED) is 0.133. The summed E-state index contributed by atoms with van der Waals surface area (Å²) < 4.78 is 0. The molecule has 0 radical (unpaired) electrons. The maximum atomic E-state index is 4.34. The fourth-order valence-corrected chi connectivity index (χ4v) is 11.8. The lowest BCUT2D eigenvalue weighted by Gasteiger charge is -2.26. The SMILES string of the molecule is C=Cc1c(C=C)c(-c2ccc(-c3ccc4c(c3)C(C)(C)C3=C4CCC(c4ccc(-c5c6ccccc6c(-c6ccc(C)cc6)c6ccccc56)cc4)=C3)cc2)c2ccccc2c1-c1ccc(C)cc1. The number of rotatable bonds is 8. The fraction of sp³-hybridized carbons (Fsp3) is 0.101. The van der Waals surface area contributed by atoms with Crippen molar-refractivity contribution < 1.29 is 0 Å². The normalized spacial score (nSPS) is 13.9. The standard InChI is InChI=1S/C69H54/c1-7-53-54(8-2)66(58-16-10-9-15-57(58)65(53)47-25-21-43(3)22-26-47)49-33-29-45(30-34-49)51-37-39-55-56-40-38-52(42-64(56)69(5,6)63(55)41-51)46-31-35-50(36-32-46)68-61-19-13-11-17-59(61)67(48-27-23-44(4)24-28-48)60-18-12-14-20-62(60)68/h7-37,39,41-42H,1-2,38,40H2,3-6H3. The second-order valence-electron chi connectivity index (χ2n) is 19.7. The van der Waals surface area contributed by atoms with Gasteiger partial charge in [-0.15, -0.1) is 0 Å². The Hall–Kier alpha value is -8.06. The Morgan fingerprint density at radius 2 is 0.754 bits per heavy atom. The van der Waals surface area contributed by atoms with Gasteiger partial charge in [-0.3, -0.25) is 0 Å². The molecule has 0 nitrogen and oxygen atoms in total.